The fourth-order valence-electron chi connectivity index (χ4n) is 2.03. The molecule has 1 atom stereocenters. The zero-order valence-electron chi connectivity index (χ0n) is 12.2. The lowest BCUT2D eigenvalue weighted by Crippen LogP contribution is -2.46. The molecule has 7 heteroatoms. The van der Waals surface area contributed by atoms with Crippen LogP contribution in [0.3, 0.4) is 0 Å². The quantitative estimate of drug-likeness (QED) is 0.776. The molecule has 0 aliphatic rings. The third-order valence-corrected chi connectivity index (χ3v) is 3.05. The van der Waals surface area contributed by atoms with Crippen LogP contribution in [0.2, 0.25) is 0 Å². The second-order valence-electron chi connectivity index (χ2n) is 4.74. The summed E-state index contributed by atoms with van der Waals surface area (Å²) in [5, 5.41) is 15.6. The van der Waals surface area contributed by atoms with E-state index in [1.165, 1.54) is 4.90 Å². The predicted molar refractivity (Wildman–Crippen MR) is 74.4 cm³/mol. The summed E-state index contributed by atoms with van der Waals surface area (Å²) in [5.74, 6) is -0.904. The van der Waals surface area contributed by atoms with E-state index in [1.54, 1.807) is 17.8 Å². The molecule has 1 unspecified atom stereocenters. The summed E-state index contributed by atoms with van der Waals surface area (Å²) in [6, 6.07) is -0.555. The molecule has 0 fully saturated rings. The summed E-state index contributed by atoms with van der Waals surface area (Å²) in [6.07, 6.45) is 4.31. The van der Waals surface area contributed by atoms with Crippen molar-refractivity contribution in [2.24, 2.45) is 7.05 Å². The van der Waals surface area contributed by atoms with Gasteiger partial charge in [0.1, 0.15) is 0 Å². The third kappa shape index (κ3) is 4.91. The number of carbonyl (C=O) groups is 2. The van der Waals surface area contributed by atoms with Gasteiger partial charge in [-0.3, -0.25) is 9.48 Å². The van der Waals surface area contributed by atoms with E-state index >= 15 is 0 Å². The summed E-state index contributed by atoms with van der Waals surface area (Å²) in [6.45, 7) is 4.55. The minimum Gasteiger partial charge on any atom is -0.481 e. The van der Waals surface area contributed by atoms with Crippen molar-refractivity contribution in [3.05, 3.63) is 18.0 Å². The highest BCUT2D eigenvalue weighted by Gasteiger charge is 2.20. The number of hydrogen-bond donors (Lipinski definition) is 2. The van der Waals surface area contributed by atoms with Gasteiger partial charge in [-0.2, -0.15) is 5.10 Å². The van der Waals surface area contributed by atoms with Crippen molar-refractivity contribution in [3.63, 3.8) is 0 Å². The van der Waals surface area contributed by atoms with Crippen molar-refractivity contribution in [2.45, 2.75) is 32.7 Å². The van der Waals surface area contributed by atoms with Gasteiger partial charge >= 0.3 is 12.0 Å². The van der Waals surface area contributed by atoms with Gasteiger partial charge in [-0.05, 0) is 25.8 Å². The summed E-state index contributed by atoms with van der Waals surface area (Å²) in [4.78, 5) is 24.2. The molecule has 0 aromatic carbocycles. The molecular formula is C13H22N4O3. The average Bonchev–Trinajstić information content (AvgIpc) is 2.75. The zero-order chi connectivity index (χ0) is 15.1. The van der Waals surface area contributed by atoms with Gasteiger partial charge in [0, 0.05) is 32.4 Å². The number of aryl methyl sites for hydroxylation is 1. The molecule has 0 bridgehead atoms. The Bertz CT molecular complexity index is 458. The van der Waals surface area contributed by atoms with Gasteiger partial charge in [0.15, 0.2) is 0 Å². The number of carboxylic acids is 1. The van der Waals surface area contributed by atoms with E-state index in [2.05, 4.69) is 10.4 Å². The highest BCUT2D eigenvalue weighted by atomic mass is 16.4. The van der Waals surface area contributed by atoms with E-state index < -0.39 is 5.97 Å². The molecule has 1 aromatic rings. The molecule has 0 saturated heterocycles. The van der Waals surface area contributed by atoms with Gasteiger partial charge in [0.2, 0.25) is 0 Å². The highest BCUT2D eigenvalue weighted by Crippen LogP contribution is 2.04. The first kappa shape index (κ1) is 16.0. The molecule has 1 heterocycles. The Morgan fingerprint density at radius 1 is 1.55 bits per heavy atom. The van der Waals surface area contributed by atoms with Crippen molar-refractivity contribution >= 4 is 12.0 Å². The fourth-order valence-corrected chi connectivity index (χ4v) is 2.03. The summed E-state index contributed by atoms with van der Waals surface area (Å²) in [5.41, 5.74) is 1.05. The number of aromatic nitrogens is 2. The Kier molecular flexibility index (Phi) is 6.02. The molecule has 0 radical (unpaired) electrons. The molecule has 1 rings (SSSR count). The lowest BCUT2D eigenvalue weighted by Gasteiger charge is -2.27. The lowest BCUT2D eigenvalue weighted by molar-refractivity contribution is -0.138. The highest BCUT2D eigenvalue weighted by molar-refractivity contribution is 5.75. The monoisotopic (exact) mass is 282 g/mol. The number of carboxylic acid groups (broad SMARTS) is 1. The molecule has 2 N–H and O–H groups in total. The van der Waals surface area contributed by atoms with Crippen LogP contribution in [0.25, 0.3) is 0 Å². The van der Waals surface area contributed by atoms with Crippen LogP contribution in [-0.4, -0.2) is 50.9 Å². The summed E-state index contributed by atoms with van der Waals surface area (Å²) in [7, 11) is 1.84. The first-order valence-electron chi connectivity index (χ1n) is 6.67. The van der Waals surface area contributed by atoms with E-state index in [-0.39, 0.29) is 18.5 Å². The van der Waals surface area contributed by atoms with E-state index in [0.717, 1.165) is 5.56 Å². The van der Waals surface area contributed by atoms with E-state index in [4.69, 9.17) is 5.11 Å². The smallest absolute Gasteiger partial charge is 0.317 e. The second kappa shape index (κ2) is 7.52. The van der Waals surface area contributed by atoms with Crippen LogP contribution in [0.4, 0.5) is 4.79 Å². The third-order valence-electron chi connectivity index (χ3n) is 3.05. The molecule has 112 valence electrons. The minimum atomic E-state index is -0.904. The number of hydrogen-bond acceptors (Lipinski definition) is 3. The van der Waals surface area contributed by atoms with Gasteiger partial charge in [0.05, 0.1) is 12.6 Å². The molecular weight excluding hydrogens is 260 g/mol. The number of amides is 2. The summed E-state index contributed by atoms with van der Waals surface area (Å²) >= 11 is 0. The van der Waals surface area contributed by atoms with Gasteiger partial charge in [-0.1, -0.05) is 0 Å². The number of nitrogens with zero attached hydrogens (tertiary/aromatic N) is 3. The first-order valence-corrected chi connectivity index (χ1v) is 6.67. The van der Waals surface area contributed by atoms with E-state index in [9.17, 15) is 9.59 Å². The number of nitrogens with one attached hydrogen (secondary N) is 1. The predicted octanol–water partition coefficient (Wildman–Crippen LogP) is 0.857. The maximum absolute atomic E-state index is 12.0. The number of carbonyl (C=O) groups excluding carboxylic acids is 1. The molecule has 0 spiro atoms. The van der Waals surface area contributed by atoms with Crippen molar-refractivity contribution in [3.8, 4) is 0 Å². The van der Waals surface area contributed by atoms with Crippen molar-refractivity contribution in [1.29, 1.82) is 0 Å². The van der Waals surface area contributed by atoms with Crippen LogP contribution in [-0.2, 0) is 18.3 Å². The van der Waals surface area contributed by atoms with Gasteiger partial charge in [-0.15, -0.1) is 0 Å². The van der Waals surface area contributed by atoms with E-state index in [0.29, 0.717) is 19.5 Å². The van der Waals surface area contributed by atoms with Crippen molar-refractivity contribution < 1.29 is 14.7 Å². The van der Waals surface area contributed by atoms with Crippen molar-refractivity contribution in [2.75, 3.05) is 13.1 Å². The molecule has 2 amide bonds. The first-order chi connectivity index (χ1) is 9.43. The van der Waals surface area contributed by atoms with Crippen molar-refractivity contribution in [1.82, 2.24) is 20.0 Å². The average molecular weight is 282 g/mol. The fraction of sp³-hybridized carbons (Fsp3) is 0.615. The van der Waals surface area contributed by atoms with Gasteiger partial charge in [0.25, 0.3) is 0 Å². The van der Waals surface area contributed by atoms with Crippen LogP contribution in [0.1, 0.15) is 25.8 Å². The topological polar surface area (TPSA) is 87.5 Å². The van der Waals surface area contributed by atoms with Gasteiger partial charge in [-0.25, -0.2) is 4.79 Å². The summed E-state index contributed by atoms with van der Waals surface area (Å²) < 4.78 is 1.71. The van der Waals surface area contributed by atoms with Crippen LogP contribution < -0.4 is 5.32 Å². The maximum Gasteiger partial charge on any atom is 0.317 e. The normalized spacial score (nSPS) is 11.9. The maximum atomic E-state index is 12.0. The van der Waals surface area contributed by atoms with Gasteiger partial charge < -0.3 is 15.3 Å². The Balaban J connectivity index is 2.41. The van der Waals surface area contributed by atoms with Crippen LogP contribution in [0.5, 0.6) is 0 Å². The Morgan fingerprint density at radius 2 is 2.25 bits per heavy atom. The minimum absolute atomic E-state index is 0.0517. The molecule has 0 aliphatic carbocycles. The molecule has 1 aromatic heterocycles. The second-order valence-corrected chi connectivity index (χ2v) is 4.74. The number of rotatable bonds is 7. The molecule has 20 heavy (non-hydrogen) atoms. The van der Waals surface area contributed by atoms with Crippen LogP contribution in [0.15, 0.2) is 12.4 Å². The standard InChI is InChI=1S/C13H22N4O3/c1-4-17(10(2)7-12(18)19)13(20)14-6-5-11-8-15-16(3)9-11/h8-10H,4-7H2,1-3H3,(H,14,20)(H,18,19). The Labute approximate surface area is 118 Å². The zero-order valence-corrected chi connectivity index (χ0v) is 12.2. The molecule has 0 saturated carbocycles. The largest absolute Gasteiger partial charge is 0.481 e. The lowest BCUT2D eigenvalue weighted by atomic mass is 10.2. The van der Waals surface area contributed by atoms with Crippen LogP contribution in [0, 0.1) is 0 Å². The number of aliphatic carboxylic acids is 1. The van der Waals surface area contributed by atoms with E-state index in [1.807, 2.05) is 20.2 Å². The van der Waals surface area contributed by atoms with Crippen LogP contribution >= 0.6 is 0 Å². The SMILES string of the molecule is CCN(C(=O)NCCc1cnn(C)c1)C(C)CC(=O)O. The number of urea groups is 1. The molecule has 0 aliphatic heterocycles. The Hall–Kier alpha value is -2.05. The molecule has 7 nitrogen and oxygen atoms in total. The Morgan fingerprint density at radius 3 is 2.75 bits per heavy atom.